The topological polar surface area (TPSA) is 107 Å². The molecule has 6 rings (SSSR count). The van der Waals surface area contributed by atoms with E-state index in [9.17, 15) is 19.1 Å². The monoisotopic (exact) mass is 603 g/mol. The minimum atomic E-state index is -3.00. The van der Waals surface area contributed by atoms with Gasteiger partial charge in [-0.05, 0) is 43.9 Å². The van der Waals surface area contributed by atoms with Crippen molar-refractivity contribution in [2.75, 3.05) is 39.3 Å². The number of likely N-dealkylation sites (tertiary alicyclic amines) is 2. The first-order valence-corrected chi connectivity index (χ1v) is 14.9. The van der Waals surface area contributed by atoms with Gasteiger partial charge < -0.3 is 20.1 Å². The number of carbonyl (C=O) groups is 2. The number of amidine groups is 1. The van der Waals surface area contributed by atoms with Crippen LogP contribution in [0.25, 0.3) is 0 Å². The fourth-order valence-electron chi connectivity index (χ4n) is 6.44. The van der Waals surface area contributed by atoms with Gasteiger partial charge in [0.1, 0.15) is 11.9 Å². The highest BCUT2D eigenvalue weighted by atomic mass is 32.1. The van der Waals surface area contributed by atoms with Gasteiger partial charge in [-0.3, -0.25) is 14.7 Å². The molecule has 3 unspecified atom stereocenters. The van der Waals surface area contributed by atoms with E-state index in [1.165, 1.54) is 17.4 Å². The van der Waals surface area contributed by atoms with Gasteiger partial charge in [0.2, 0.25) is 0 Å². The van der Waals surface area contributed by atoms with E-state index in [2.05, 4.69) is 10.3 Å². The summed E-state index contributed by atoms with van der Waals surface area (Å²) in [5.41, 5.74) is 0.417. The van der Waals surface area contributed by atoms with Crippen LogP contribution in [0.15, 0.2) is 46.0 Å². The van der Waals surface area contributed by atoms with Crippen molar-refractivity contribution in [2.24, 2.45) is 16.3 Å². The van der Waals surface area contributed by atoms with Crippen LogP contribution in [0, 0.1) is 24.1 Å². The van der Waals surface area contributed by atoms with Crippen molar-refractivity contribution in [2.45, 2.75) is 44.7 Å². The summed E-state index contributed by atoms with van der Waals surface area (Å²) in [5.74, 6) is -5.61. The van der Waals surface area contributed by atoms with Crippen molar-refractivity contribution in [1.29, 1.82) is 0 Å². The van der Waals surface area contributed by atoms with Gasteiger partial charge in [0.15, 0.2) is 10.8 Å². The zero-order chi connectivity index (χ0) is 29.8. The predicted octanol–water partition coefficient (Wildman–Crippen LogP) is 3.62. The molecule has 3 atom stereocenters. The third-order valence-corrected chi connectivity index (χ3v) is 9.63. The third kappa shape index (κ3) is 5.11. The molecule has 1 aromatic heterocycles. The van der Waals surface area contributed by atoms with E-state index in [1.54, 1.807) is 42.5 Å². The van der Waals surface area contributed by atoms with Crippen molar-refractivity contribution in [3.05, 3.63) is 63.0 Å². The van der Waals surface area contributed by atoms with Gasteiger partial charge in [0.05, 0.1) is 30.1 Å². The number of rotatable bonds is 9. The maximum absolute atomic E-state index is 15.4. The molecule has 1 aliphatic carbocycles. The maximum atomic E-state index is 15.4. The van der Waals surface area contributed by atoms with E-state index in [0.717, 1.165) is 0 Å². The fraction of sp³-hybridized carbons (Fsp3) is 0.517. The molecule has 42 heavy (non-hydrogen) atoms. The van der Waals surface area contributed by atoms with Crippen molar-refractivity contribution in [3.63, 3.8) is 0 Å². The lowest BCUT2D eigenvalue weighted by atomic mass is 9.92. The summed E-state index contributed by atoms with van der Waals surface area (Å²) in [7, 11) is 0. The highest BCUT2D eigenvalue weighted by Crippen LogP contribution is 2.49. The van der Waals surface area contributed by atoms with Crippen LogP contribution in [0.4, 0.5) is 13.2 Å². The Morgan fingerprint density at radius 3 is 2.71 bits per heavy atom. The number of hydrogen-bond donors (Lipinski definition) is 2. The smallest absolute Gasteiger partial charge is 0.338 e. The number of aromatic nitrogens is 1. The molecule has 0 spiro atoms. The molecule has 9 nitrogen and oxygen atoms in total. The lowest BCUT2D eigenvalue weighted by Gasteiger charge is -2.32. The van der Waals surface area contributed by atoms with Crippen LogP contribution in [0.5, 0.6) is 0 Å². The number of aliphatic imine (C=N–C) groups is 1. The zero-order valence-corrected chi connectivity index (χ0v) is 24.1. The first-order valence-electron chi connectivity index (χ1n) is 14.0. The number of nitrogens with one attached hydrogen (secondary N) is 1. The second-order valence-electron chi connectivity index (χ2n) is 11.5. The normalized spacial score (nSPS) is 26.5. The van der Waals surface area contributed by atoms with E-state index < -0.39 is 53.6 Å². The lowest BCUT2D eigenvalue weighted by Crippen LogP contribution is -2.44. The number of carboxylic acid groups (broad SMARTS) is 1. The quantitative estimate of drug-likeness (QED) is 0.419. The summed E-state index contributed by atoms with van der Waals surface area (Å²) in [5, 5.41) is 15.1. The van der Waals surface area contributed by atoms with Crippen LogP contribution in [0.2, 0.25) is 0 Å². The van der Waals surface area contributed by atoms with E-state index in [4.69, 9.17) is 9.73 Å². The number of aliphatic carboxylic acids is 1. The van der Waals surface area contributed by atoms with Gasteiger partial charge in [-0.25, -0.2) is 22.9 Å². The Kier molecular flexibility index (Phi) is 7.38. The predicted molar refractivity (Wildman–Crippen MR) is 149 cm³/mol. The zero-order valence-electron chi connectivity index (χ0n) is 23.3. The number of fused-ring (bicyclic) bond motifs is 1. The molecule has 0 radical (unpaired) electrons. The number of halogens is 3. The largest absolute Gasteiger partial charge is 0.481 e. The molecule has 13 heteroatoms. The summed E-state index contributed by atoms with van der Waals surface area (Å²) in [6, 6.07) is 3.08. The Morgan fingerprint density at radius 2 is 2.05 bits per heavy atom. The molecule has 2 aromatic rings. The number of nitrogens with zero attached hydrogens (tertiary/aromatic N) is 4. The van der Waals surface area contributed by atoms with Gasteiger partial charge in [-0.2, -0.15) is 0 Å². The van der Waals surface area contributed by atoms with E-state index >= 15 is 8.78 Å². The molecule has 2 saturated heterocycles. The standard InChI is InChI=1S/C29H32F3N5O4S/c1-3-41-26(38)22-20(34-24(25-33-9-10-42-25)35-23(22)17-5-4-6-19(30)16(17)2)12-37-15-29(31,32)18-11-36(13-21(18)37)14-28(7-8-28)27(39)40/h4-6,9-10,18,21,23H,3,7-8,11-15H2,1-2H3,(H,34,35)(H,39,40). The van der Waals surface area contributed by atoms with Crippen molar-refractivity contribution < 1.29 is 32.6 Å². The SMILES string of the molecule is CCOC(=O)C1=C(CN2CC(F)(F)C3CN(CC4(C(=O)O)CC4)CC32)NC(c2nccs2)=NC1c1cccc(F)c1C. The average Bonchev–Trinajstić information content (AvgIpc) is 3.24. The van der Waals surface area contributed by atoms with Gasteiger partial charge in [-0.15, -0.1) is 11.3 Å². The average molecular weight is 604 g/mol. The van der Waals surface area contributed by atoms with Crippen LogP contribution in [0.1, 0.15) is 41.9 Å². The number of hydrogen-bond acceptors (Lipinski definition) is 9. The van der Waals surface area contributed by atoms with Crippen molar-refractivity contribution in [1.82, 2.24) is 20.1 Å². The molecule has 0 bridgehead atoms. The Labute approximate surface area is 245 Å². The number of benzene rings is 1. The molecule has 1 aromatic carbocycles. The Bertz CT molecular complexity index is 1460. The maximum Gasteiger partial charge on any atom is 0.338 e. The first kappa shape index (κ1) is 28.8. The van der Waals surface area contributed by atoms with Gasteiger partial charge in [0, 0.05) is 49.5 Å². The summed E-state index contributed by atoms with van der Waals surface area (Å²) in [6.07, 6.45) is 2.71. The van der Waals surface area contributed by atoms with E-state index in [0.29, 0.717) is 47.1 Å². The van der Waals surface area contributed by atoms with Crippen LogP contribution in [-0.4, -0.2) is 89.0 Å². The summed E-state index contributed by atoms with van der Waals surface area (Å²) in [4.78, 5) is 37.8. The first-order chi connectivity index (χ1) is 20.0. The van der Waals surface area contributed by atoms with Crippen LogP contribution < -0.4 is 5.32 Å². The minimum Gasteiger partial charge on any atom is -0.481 e. The van der Waals surface area contributed by atoms with Crippen LogP contribution in [-0.2, 0) is 14.3 Å². The molecular formula is C29H32F3N5O4S. The molecule has 224 valence electrons. The summed E-state index contributed by atoms with van der Waals surface area (Å²) in [6.45, 7) is 3.48. The van der Waals surface area contributed by atoms with Crippen LogP contribution in [0.3, 0.4) is 0 Å². The molecule has 4 heterocycles. The van der Waals surface area contributed by atoms with Crippen LogP contribution >= 0.6 is 11.3 Å². The molecule has 3 fully saturated rings. The Hall–Kier alpha value is -3.29. The van der Waals surface area contributed by atoms with E-state index in [1.807, 2.05) is 4.90 Å². The summed E-state index contributed by atoms with van der Waals surface area (Å²) >= 11 is 1.32. The number of alkyl halides is 2. The molecule has 2 N–H and O–H groups in total. The second kappa shape index (κ2) is 10.8. The van der Waals surface area contributed by atoms with Gasteiger partial charge in [0.25, 0.3) is 5.92 Å². The van der Waals surface area contributed by atoms with Gasteiger partial charge in [-0.1, -0.05) is 12.1 Å². The molecule has 3 aliphatic heterocycles. The van der Waals surface area contributed by atoms with Gasteiger partial charge >= 0.3 is 11.9 Å². The Morgan fingerprint density at radius 1 is 1.26 bits per heavy atom. The number of carbonyl (C=O) groups excluding carboxylic acids is 1. The molecular weight excluding hydrogens is 571 g/mol. The van der Waals surface area contributed by atoms with E-state index in [-0.39, 0.29) is 31.8 Å². The number of thiazole rings is 1. The highest BCUT2D eigenvalue weighted by molar-refractivity contribution is 7.11. The molecule has 4 aliphatic rings. The highest BCUT2D eigenvalue weighted by Gasteiger charge is 2.60. The summed E-state index contributed by atoms with van der Waals surface area (Å²) < 4.78 is 50.9. The number of carboxylic acids is 1. The number of ether oxygens (including phenoxy) is 1. The Balaban J connectivity index is 1.37. The molecule has 1 saturated carbocycles. The van der Waals surface area contributed by atoms with Crippen molar-refractivity contribution in [3.8, 4) is 0 Å². The molecule has 0 amide bonds. The number of esters is 1. The second-order valence-corrected chi connectivity index (χ2v) is 12.4. The third-order valence-electron chi connectivity index (χ3n) is 8.85. The lowest BCUT2D eigenvalue weighted by molar-refractivity contribution is -0.144. The minimum absolute atomic E-state index is 0.0297. The fourth-order valence-corrected chi connectivity index (χ4v) is 7.03. The van der Waals surface area contributed by atoms with Crippen molar-refractivity contribution >= 4 is 29.1 Å².